The van der Waals surface area contributed by atoms with Crippen LogP contribution in [0.2, 0.25) is 0 Å². The molecule has 1 amide bonds. The number of hydrazone groups is 1. The van der Waals surface area contributed by atoms with Gasteiger partial charge in [-0.2, -0.15) is 5.10 Å². The van der Waals surface area contributed by atoms with Crippen LogP contribution < -0.4 is 29.1 Å². The Morgan fingerprint density at radius 1 is 0.889 bits per heavy atom. The average molecular weight is 493 g/mol. The van der Waals surface area contributed by atoms with Gasteiger partial charge in [0.2, 0.25) is 5.75 Å². The molecule has 3 aromatic rings. The summed E-state index contributed by atoms with van der Waals surface area (Å²) in [5.41, 5.74) is 5.42. The molecule has 0 saturated heterocycles. The Bertz CT molecular complexity index is 1230. The van der Waals surface area contributed by atoms with Gasteiger partial charge in [-0.25, -0.2) is 10.2 Å². The average Bonchev–Trinajstić information content (AvgIpc) is 2.89. The standard InChI is InChI=1S/C27H28N2O7/c1-17-7-6-8-22(18(17)2)35-16-25(30)29-28-15-19-9-11-21(12-10-19)36-27(31)20-13-23(32-3)26(34-5)24(14-20)33-4/h6-15H,16H2,1-5H3,(H,29,30)/b28-15-. The van der Waals surface area contributed by atoms with Crippen LogP contribution in [-0.2, 0) is 4.79 Å². The predicted octanol–water partition coefficient (Wildman–Crippen LogP) is 4.08. The van der Waals surface area contributed by atoms with Crippen LogP contribution in [0.1, 0.15) is 27.0 Å². The maximum atomic E-state index is 12.6. The van der Waals surface area contributed by atoms with Crippen LogP contribution in [0.4, 0.5) is 0 Å². The van der Waals surface area contributed by atoms with Gasteiger partial charge < -0.3 is 23.7 Å². The topological polar surface area (TPSA) is 105 Å². The highest BCUT2D eigenvalue weighted by Crippen LogP contribution is 2.38. The fraction of sp³-hybridized carbons (Fsp3) is 0.222. The zero-order valence-electron chi connectivity index (χ0n) is 20.8. The van der Waals surface area contributed by atoms with Crippen molar-refractivity contribution in [2.75, 3.05) is 27.9 Å². The van der Waals surface area contributed by atoms with Crippen molar-refractivity contribution in [3.63, 3.8) is 0 Å². The molecule has 0 spiro atoms. The van der Waals surface area contributed by atoms with Crippen LogP contribution in [0, 0.1) is 13.8 Å². The molecular weight excluding hydrogens is 464 g/mol. The lowest BCUT2D eigenvalue weighted by Crippen LogP contribution is -2.24. The van der Waals surface area contributed by atoms with E-state index in [0.717, 1.165) is 11.1 Å². The summed E-state index contributed by atoms with van der Waals surface area (Å²) in [6.07, 6.45) is 1.47. The van der Waals surface area contributed by atoms with Crippen LogP contribution in [0.5, 0.6) is 28.7 Å². The molecular formula is C27H28N2O7. The Kier molecular flexibility index (Phi) is 8.88. The summed E-state index contributed by atoms with van der Waals surface area (Å²) in [5.74, 6) is 1.08. The number of benzene rings is 3. The number of hydrogen-bond acceptors (Lipinski definition) is 8. The molecule has 1 N–H and O–H groups in total. The molecule has 0 fully saturated rings. The van der Waals surface area contributed by atoms with Gasteiger partial charge in [-0.05, 0) is 73.0 Å². The molecule has 0 saturated carbocycles. The Morgan fingerprint density at radius 2 is 1.56 bits per heavy atom. The second-order valence-corrected chi connectivity index (χ2v) is 7.65. The van der Waals surface area contributed by atoms with E-state index >= 15 is 0 Å². The van der Waals surface area contributed by atoms with Crippen LogP contribution >= 0.6 is 0 Å². The van der Waals surface area contributed by atoms with E-state index in [1.54, 1.807) is 24.3 Å². The molecule has 0 radical (unpaired) electrons. The summed E-state index contributed by atoms with van der Waals surface area (Å²) < 4.78 is 26.8. The molecule has 0 heterocycles. The van der Waals surface area contributed by atoms with Crippen LogP contribution in [-0.4, -0.2) is 46.0 Å². The summed E-state index contributed by atoms with van der Waals surface area (Å²) in [6.45, 7) is 3.76. The third kappa shape index (κ3) is 6.53. The van der Waals surface area contributed by atoms with Crippen LogP contribution in [0.3, 0.4) is 0 Å². The van der Waals surface area contributed by atoms with Crippen LogP contribution in [0.25, 0.3) is 0 Å². The van der Waals surface area contributed by atoms with E-state index in [1.165, 1.54) is 39.7 Å². The van der Waals surface area contributed by atoms with Crippen molar-refractivity contribution in [2.45, 2.75) is 13.8 Å². The number of esters is 1. The van der Waals surface area contributed by atoms with Gasteiger partial charge in [0.15, 0.2) is 18.1 Å². The molecule has 0 aromatic heterocycles. The Hall–Kier alpha value is -4.53. The molecule has 188 valence electrons. The maximum absolute atomic E-state index is 12.6. The van der Waals surface area contributed by atoms with Gasteiger partial charge in [-0.15, -0.1) is 0 Å². The first-order chi connectivity index (χ1) is 17.4. The third-order valence-electron chi connectivity index (χ3n) is 5.31. The normalized spacial score (nSPS) is 10.6. The zero-order chi connectivity index (χ0) is 26.1. The van der Waals surface area contributed by atoms with Crippen molar-refractivity contribution in [3.05, 3.63) is 76.9 Å². The lowest BCUT2D eigenvalue weighted by atomic mass is 10.1. The molecule has 36 heavy (non-hydrogen) atoms. The summed E-state index contributed by atoms with van der Waals surface area (Å²) in [5, 5.41) is 3.93. The lowest BCUT2D eigenvalue weighted by molar-refractivity contribution is -0.123. The van der Waals surface area contributed by atoms with E-state index < -0.39 is 5.97 Å². The number of nitrogens with zero attached hydrogens (tertiary/aromatic N) is 1. The molecule has 0 bridgehead atoms. The predicted molar refractivity (Wildman–Crippen MR) is 135 cm³/mol. The summed E-state index contributed by atoms with van der Waals surface area (Å²) in [6, 6.07) is 15.3. The number of carbonyl (C=O) groups is 2. The molecule has 9 heteroatoms. The van der Waals surface area contributed by atoms with Crippen molar-refractivity contribution in [3.8, 4) is 28.7 Å². The van der Waals surface area contributed by atoms with Gasteiger partial charge in [0.25, 0.3) is 5.91 Å². The fourth-order valence-electron chi connectivity index (χ4n) is 3.22. The van der Waals surface area contributed by atoms with E-state index in [0.29, 0.717) is 34.3 Å². The quantitative estimate of drug-likeness (QED) is 0.197. The number of rotatable bonds is 10. The van der Waals surface area contributed by atoms with E-state index in [-0.39, 0.29) is 18.1 Å². The van der Waals surface area contributed by atoms with E-state index in [9.17, 15) is 9.59 Å². The van der Waals surface area contributed by atoms with Crippen molar-refractivity contribution < 1.29 is 33.3 Å². The second kappa shape index (κ2) is 12.3. The van der Waals surface area contributed by atoms with E-state index in [1.807, 2.05) is 32.0 Å². The van der Waals surface area contributed by atoms with E-state index in [2.05, 4.69) is 10.5 Å². The first kappa shape index (κ1) is 26.1. The monoisotopic (exact) mass is 492 g/mol. The van der Waals surface area contributed by atoms with Gasteiger partial charge in [-0.3, -0.25) is 4.79 Å². The number of methoxy groups -OCH3 is 3. The van der Waals surface area contributed by atoms with Crippen molar-refractivity contribution >= 4 is 18.1 Å². The number of carbonyl (C=O) groups excluding carboxylic acids is 2. The number of nitrogens with one attached hydrogen (secondary N) is 1. The number of ether oxygens (including phenoxy) is 5. The minimum Gasteiger partial charge on any atom is -0.493 e. The Balaban J connectivity index is 1.55. The highest BCUT2D eigenvalue weighted by atomic mass is 16.5. The first-order valence-electron chi connectivity index (χ1n) is 11.0. The summed E-state index contributed by atoms with van der Waals surface area (Å²) in [7, 11) is 4.41. The van der Waals surface area contributed by atoms with Crippen molar-refractivity contribution in [2.24, 2.45) is 5.10 Å². The maximum Gasteiger partial charge on any atom is 0.343 e. The second-order valence-electron chi connectivity index (χ2n) is 7.65. The SMILES string of the molecule is COc1cc(C(=O)Oc2ccc(/C=N\NC(=O)COc3cccc(C)c3C)cc2)cc(OC)c1OC. The number of amides is 1. The van der Waals surface area contributed by atoms with Gasteiger partial charge >= 0.3 is 5.97 Å². The van der Waals surface area contributed by atoms with Gasteiger partial charge in [0, 0.05) is 0 Å². The minimum absolute atomic E-state index is 0.155. The molecule has 3 aromatic carbocycles. The minimum atomic E-state index is -0.591. The smallest absolute Gasteiger partial charge is 0.343 e. The molecule has 3 rings (SSSR count). The Morgan fingerprint density at radius 3 is 2.17 bits per heavy atom. The first-order valence-corrected chi connectivity index (χ1v) is 11.0. The largest absolute Gasteiger partial charge is 0.493 e. The summed E-state index contributed by atoms with van der Waals surface area (Å²) >= 11 is 0. The van der Waals surface area contributed by atoms with Crippen molar-refractivity contribution in [1.82, 2.24) is 5.43 Å². The van der Waals surface area contributed by atoms with Crippen molar-refractivity contribution in [1.29, 1.82) is 0 Å². The highest BCUT2D eigenvalue weighted by Gasteiger charge is 2.18. The highest BCUT2D eigenvalue weighted by molar-refractivity contribution is 5.93. The molecule has 0 aliphatic heterocycles. The van der Waals surface area contributed by atoms with Gasteiger partial charge in [-0.1, -0.05) is 12.1 Å². The molecule has 0 unspecified atom stereocenters. The number of hydrogen-bond donors (Lipinski definition) is 1. The number of aryl methyl sites for hydroxylation is 1. The Labute approximate surface area is 209 Å². The zero-order valence-corrected chi connectivity index (χ0v) is 20.8. The van der Waals surface area contributed by atoms with Gasteiger partial charge in [0.1, 0.15) is 11.5 Å². The third-order valence-corrected chi connectivity index (χ3v) is 5.31. The molecule has 0 atom stereocenters. The summed E-state index contributed by atoms with van der Waals surface area (Å²) in [4.78, 5) is 24.6. The van der Waals surface area contributed by atoms with Gasteiger partial charge in [0.05, 0.1) is 33.1 Å². The molecule has 9 nitrogen and oxygen atoms in total. The van der Waals surface area contributed by atoms with E-state index in [4.69, 9.17) is 23.7 Å². The molecule has 0 aliphatic rings. The molecule has 0 aliphatic carbocycles. The lowest BCUT2D eigenvalue weighted by Gasteiger charge is -2.13. The fourth-order valence-corrected chi connectivity index (χ4v) is 3.22. The van der Waals surface area contributed by atoms with Crippen LogP contribution in [0.15, 0.2) is 59.7 Å².